The molecule has 0 atom stereocenters. The first kappa shape index (κ1) is 16.9. The number of para-hydroxylation sites is 2. The lowest BCUT2D eigenvalue weighted by atomic mass is 10.2. The normalized spacial score (nSPS) is 15.3. The van der Waals surface area contributed by atoms with Crippen molar-refractivity contribution < 1.29 is 4.79 Å². The Morgan fingerprint density at radius 3 is 2.54 bits per heavy atom. The van der Waals surface area contributed by atoms with E-state index in [1.807, 2.05) is 47.4 Å². The maximum Gasteiger partial charge on any atom is 0.274 e. The van der Waals surface area contributed by atoms with Crippen LogP contribution in [0.15, 0.2) is 54.7 Å². The van der Waals surface area contributed by atoms with Gasteiger partial charge in [-0.1, -0.05) is 35.9 Å². The zero-order valence-electron chi connectivity index (χ0n) is 14.3. The van der Waals surface area contributed by atoms with E-state index in [9.17, 15) is 4.79 Å². The van der Waals surface area contributed by atoms with Gasteiger partial charge in [0.15, 0.2) is 0 Å². The van der Waals surface area contributed by atoms with Crippen molar-refractivity contribution in [1.82, 2.24) is 19.8 Å². The van der Waals surface area contributed by atoms with Crippen molar-refractivity contribution in [2.45, 2.75) is 6.54 Å². The highest BCUT2D eigenvalue weighted by atomic mass is 35.5. The van der Waals surface area contributed by atoms with Crippen LogP contribution in [0.4, 0.5) is 0 Å². The SMILES string of the molecule is O=C(c1cnc2ccccc2n1)N1CCN(Cc2cccc(Cl)c2)CC1. The predicted molar refractivity (Wildman–Crippen MR) is 102 cm³/mol. The van der Waals surface area contributed by atoms with E-state index in [0.29, 0.717) is 18.8 Å². The summed E-state index contributed by atoms with van der Waals surface area (Å²) >= 11 is 6.05. The lowest BCUT2D eigenvalue weighted by Gasteiger charge is -2.34. The molecule has 1 aliphatic heterocycles. The molecule has 2 aromatic carbocycles. The summed E-state index contributed by atoms with van der Waals surface area (Å²) in [5, 5.41) is 0.756. The monoisotopic (exact) mass is 366 g/mol. The smallest absolute Gasteiger partial charge is 0.274 e. The fraction of sp³-hybridized carbons (Fsp3) is 0.250. The maximum absolute atomic E-state index is 12.7. The lowest BCUT2D eigenvalue weighted by molar-refractivity contribution is 0.0622. The number of benzene rings is 2. The van der Waals surface area contributed by atoms with Crippen LogP contribution in [0.5, 0.6) is 0 Å². The second-order valence-electron chi connectivity index (χ2n) is 6.44. The summed E-state index contributed by atoms with van der Waals surface area (Å²) in [6, 6.07) is 15.5. The van der Waals surface area contributed by atoms with Gasteiger partial charge in [0.05, 0.1) is 17.2 Å². The van der Waals surface area contributed by atoms with Crippen LogP contribution < -0.4 is 0 Å². The van der Waals surface area contributed by atoms with E-state index in [0.717, 1.165) is 35.7 Å². The van der Waals surface area contributed by atoms with Gasteiger partial charge in [-0.15, -0.1) is 0 Å². The fourth-order valence-electron chi connectivity index (χ4n) is 3.22. The zero-order valence-corrected chi connectivity index (χ0v) is 15.1. The number of hydrogen-bond acceptors (Lipinski definition) is 4. The van der Waals surface area contributed by atoms with Crippen molar-refractivity contribution in [3.63, 3.8) is 0 Å². The summed E-state index contributed by atoms with van der Waals surface area (Å²) < 4.78 is 0. The molecule has 1 aliphatic rings. The van der Waals surface area contributed by atoms with Gasteiger partial charge in [-0.05, 0) is 29.8 Å². The van der Waals surface area contributed by atoms with Crippen LogP contribution in [0, 0.1) is 0 Å². The standard InChI is InChI=1S/C20H19ClN4O/c21-16-5-3-4-15(12-16)14-24-8-10-25(11-9-24)20(26)19-13-22-17-6-1-2-7-18(17)23-19/h1-7,12-13H,8-11,14H2. The Morgan fingerprint density at radius 1 is 1.00 bits per heavy atom. The summed E-state index contributed by atoms with van der Waals surface area (Å²) in [5.74, 6) is -0.0503. The summed E-state index contributed by atoms with van der Waals surface area (Å²) in [6.07, 6.45) is 1.57. The first-order valence-electron chi connectivity index (χ1n) is 8.67. The summed E-state index contributed by atoms with van der Waals surface area (Å²) in [7, 11) is 0. The molecule has 1 fully saturated rings. The topological polar surface area (TPSA) is 49.3 Å². The molecule has 0 unspecified atom stereocenters. The molecule has 26 heavy (non-hydrogen) atoms. The molecule has 0 radical (unpaired) electrons. The molecule has 0 spiro atoms. The Hall–Kier alpha value is -2.50. The number of nitrogens with zero attached hydrogens (tertiary/aromatic N) is 4. The first-order chi connectivity index (χ1) is 12.7. The minimum atomic E-state index is -0.0503. The minimum Gasteiger partial charge on any atom is -0.335 e. The van der Waals surface area contributed by atoms with Crippen LogP contribution in [-0.4, -0.2) is 51.9 Å². The molecule has 5 nitrogen and oxygen atoms in total. The van der Waals surface area contributed by atoms with Crippen LogP contribution >= 0.6 is 11.6 Å². The van der Waals surface area contributed by atoms with Gasteiger partial charge in [0.1, 0.15) is 5.69 Å². The van der Waals surface area contributed by atoms with Crippen LogP contribution in [0.1, 0.15) is 16.1 Å². The number of amides is 1. The Morgan fingerprint density at radius 2 is 1.77 bits per heavy atom. The van der Waals surface area contributed by atoms with Gasteiger partial charge in [-0.3, -0.25) is 14.7 Å². The molecule has 3 aromatic rings. The molecule has 1 amide bonds. The average Bonchev–Trinajstić information content (AvgIpc) is 2.68. The van der Waals surface area contributed by atoms with Gasteiger partial charge in [0.2, 0.25) is 0 Å². The number of carbonyl (C=O) groups excluding carboxylic acids is 1. The van der Waals surface area contributed by atoms with Gasteiger partial charge >= 0.3 is 0 Å². The third-order valence-corrected chi connectivity index (χ3v) is 4.86. The zero-order chi connectivity index (χ0) is 17.9. The number of piperazine rings is 1. The maximum atomic E-state index is 12.7. The number of fused-ring (bicyclic) bond motifs is 1. The average molecular weight is 367 g/mol. The molecular formula is C20H19ClN4O. The van der Waals surface area contributed by atoms with Gasteiger partial charge in [-0.25, -0.2) is 4.98 Å². The number of hydrogen-bond donors (Lipinski definition) is 0. The van der Waals surface area contributed by atoms with Crippen molar-refractivity contribution in [3.05, 3.63) is 71.0 Å². The third kappa shape index (κ3) is 3.69. The lowest BCUT2D eigenvalue weighted by Crippen LogP contribution is -2.48. The second-order valence-corrected chi connectivity index (χ2v) is 6.88. The third-order valence-electron chi connectivity index (χ3n) is 4.62. The molecule has 0 aliphatic carbocycles. The van der Waals surface area contributed by atoms with Gasteiger partial charge in [0, 0.05) is 37.7 Å². The molecule has 132 valence electrons. The Labute approximate surface area is 157 Å². The number of halogens is 1. The van der Waals surface area contributed by atoms with Gasteiger partial charge in [0.25, 0.3) is 5.91 Å². The van der Waals surface area contributed by atoms with Crippen LogP contribution in [0.2, 0.25) is 5.02 Å². The van der Waals surface area contributed by atoms with E-state index >= 15 is 0 Å². The Balaban J connectivity index is 1.39. The van der Waals surface area contributed by atoms with E-state index in [4.69, 9.17) is 11.6 Å². The number of rotatable bonds is 3. The van der Waals surface area contributed by atoms with Gasteiger partial charge in [-0.2, -0.15) is 0 Å². The van der Waals surface area contributed by atoms with E-state index < -0.39 is 0 Å². The Kier molecular flexibility index (Phi) is 4.82. The van der Waals surface area contributed by atoms with Gasteiger partial charge < -0.3 is 4.90 Å². The minimum absolute atomic E-state index is 0.0503. The molecule has 0 bridgehead atoms. The highest BCUT2D eigenvalue weighted by Gasteiger charge is 2.23. The first-order valence-corrected chi connectivity index (χ1v) is 9.05. The molecule has 1 saturated heterocycles. The molecule has 0 saturated carbocycles. The molecular weight excluding hydrogens is 348 g/mol. The Bertz CT molecular complexity index is 938. The largest absolute Gasteiger partial charge is 0.335 e. The van der Waals surface area contributed by atoms with Crippen LogP contribution in [-0.2, 0) is 6.54 Å². The molecule has 4 rings (SSSR count). The van der Waals surface area contributed by atoms with E-state index in [-0.39, 0.29) is 5.91 Å². The molecule has 2 heterocycles. The van der Waals surface area contributed by atoms with E-state index in [1.165, 1.54) is 5.56 Å². The van der Waals surface area contributed by atoms with Crippen molar-refractivity contribution in [2.75, 3.05) is 26.2 Å². The highest BCUT2D eigenvalue weighted by molar-refractivity contribution is 6.30. The summed E-state index contributed by atoms with van der Waals surface area (Å²) in [5.41, 5.74) is 3.15. The number of aromatic nitrogens is 2. The second kappa shape index (κ2) is 7.40. The molecule has 0 N–H and O–H groups in total. The van der Waals surface area contributed by atoms with Crippen LogP contribution in [0.25, 0.3) is 11.0 Å². The fourth-order valence-corrected chi connectivity index (χ4v) is 3.44. The molecule has 1 aromatic heterocycles. The van der Waals surface area contributed by atoms with Crippen molar-refractivity contribution in [2.24, 2.45) is 0 Å². The molecule has 6 heteroatoms. The van der Waals surface area contributed by atoms with Crippen LogP contribution in [0.3, 0.4) is 0 Å². The number of carbonyl (C=O) groups is 1. The highest BCUT2D eigenvalue weighted by Crippen LogP contribution is 2.15. The van der Waals surface area contributed by atoms with E-state index in [1.54, 1.807) is 6.20 Å². The summed E-state index contributed by atoms with van der Waals surface area (Å²) in [4.78, 5) is 25.7. The summed E-state index contributed by atoms with van der Waals surface area (Å²) in [6.45, 7) is 3.89. The van der Waals surface area contributed by atoms with E-state index in [2.05, 4.69) is 20.9 Å². The van der Waals surface area contributed by atoms with Crippen molar-refractivity contribution >= 4 is 28.5 Å². The predicted octanol–water partition coefficient (Wildman–Crippen LogP) is 3.24. The quantitative estimate of drug-likeness (QED) is 0.714. The van der Waals surface area contributed by atoms with Crippen molar-refractivity contribution in [1.29, 1.82) is 0 Å². The van der Waals surface area contributed by atoms with Crippen molar-refractivity contribution in [3.8, 4) is 0 Å².